The molecule has 0 spiro atoms. The lowest BCUT2D eigenvalue weighted by Gasteiger charge is -2.17. The molecule has 2 aliphatic rings. The van der Waals surface area contributed by atoms with Crippen LogP contribution in [0.2, 0.25) is 0 Å². The molecule has 1 fully saturated rings. The first kappa shape index (κ1) is 25.9. The van der Waals surface area contributed by atoms with Crippen molar-refractivity contribution in [2.75, 3.05) is 28.4 Å². The van der Waals surface area contributed by atoms with Gasteiger partial charge in [-0.3, -0.25) is 14.4 Å². The van der Waals surface area contributed by atoms with Crippen molar-refractivity contribution < 1.29 is 13.2 Å². The molecule has 0 saturated carbocycles. The number of likely N-dealkylation sites (tertiary alicyclic amines) is 1. The SMILES string of the molecule is O=C1Nc2ccc(NS(=O)(=O)c3ccccc3)cc2/C1=C(/Nc1ccc(CN2CCCC2)cc1)c1ccccc1. The van der Waals surface area contributed by atoms with Crippen LogP contribution in [0.3, 0.4) is 0 Å². The number of anilines is 3. The summed E-state index contributed by atoms with van der Waals surface area (Å²) in [6.45, 7) is 3.22. The summed E-state index contributed by atoms with van der Waals surface area (Å²) in [5.41, 5.74) is 5.66. The number of nitrogens with one attached hydrogen (secondary N) is 3. The van der Waals surface area contributed by atoms with Crippen LogP contribution >= 0.6 is 0 Å². The molecule has 2 aliphatic heterocycles. The molecule has 1 amide bonds. The van der Waals surface area contributed by atoms with Crippen LogP contribution in [0.25, 0.3) is 11.3 Å². The van der Waals surface area contributed by atoms with Crippen molar-refractivity contribution >= 4 is 44.3 Å². The Hall–Kier alpha value is -4.40. The average Bonchev–Trinajstić information content (AvgIpc) is 3.60. The fourth-order valence-corrected chi connectivity index (χ4v) is 6.28. The van der Waals surface area contributed by atoms with Gasteiger partial charge < -0.3 is 10.6 Å². The number of fused-ring (bicyclic) bond motifs is 1. The summed E-state index contributed by atoms with van der Waals surface area (Å²) in [4.78, 5) is 16.0. The van der Waals surface area contributed by atoms with Crippen LogP contribution in [0.1, 0.15) is 29.5 Å². The smallest absolute Gasteiger partial charge is 0.261 e. The highest BCUT2D eigenvalue weighted by Crippen LogP contribution is 2.39. The van der Waals surface area contributed by atoms with Crippen molar-refractivity contribution in [3.05, 3.63) is 120 Å². The van der Waals surface area contributed by atoms with Crippen molar-refractivity contribution in [3.8, 4) is 0 Å². The van der Waals surface area contributed by atoms with E-state index in [0.29, 0.717) is 28.2 Å². The van der Waals surface area contributed by atoms with Gasteiger partial charge in [0, 0.05) is 29.2 Å². The van der Waals surface area contributed by atoms with E-state index in [1.807, 2.05) is 42.5 Å². The molecule has 0 bridgehead atoms. The molecule has 40 heavy (non-hydrogen) atoms. The van der Waals surface area contributed by atoms with E-state index in [0.717, 1.165) is 30.9 Å². The molecule has 3 N–H and O–H groups in total. The molecule has 0 unspecified atom stereocenters. The molecule has 4 aromatic rings. The summed E-state index contributed by atoms with van der Waals surface area (Å²) >= 11 is 0. The first-order chi connectivity index (χ1) is 19.5. The minimum absolute atomic E-state index is 0.167. The summed E-state index contributed by atoms with van der Waals surface area (Å²) in [7, 11) is -3.79. The third kappa shape index (κ3) is 5.50. The second kappa shape index (κ2) is 11.0. The van der Waals surface area contributed by atoms with Crippen molar-refractivity contribution in [1.82, 2.24) is 4.90 Å². The first-order valence-electron chi connectivity index (χ1n) is 13.4. The molecular formula is C32H30N4O3S. The highest BCUT2D eigenvalue weighted by atomic mass is 32.2. The van der Waals surface area contributed by atoms with Gasteiger partial charge in [0.15, 0.2) is 0 Å². The predicted molar refractivity (Wildman–Crippen MR) is 160 cm³/mol. The number of benzene rings is 4. The molecule has 0 aliphatic carbocycles. The van der Waals surface area contributed by atoms with Crippen LogP contribution in [0.5, 0.6) is 0 Å². The van der Waals surface area contributed by atoms with E-state index in [2.05, 4.69) is 32.4 Å². The predicted octanol–water partition coefficient (Wildman–Crippen LogP) is 6.02. The van der Waals surface area contributed by atoms with E-state index in [1.54, 1.807) is 48.5 Å². The van der Waals surface area contributed by atoms with E-state index in [-0.39, 0.29) is 10.8 Å². The van der Waals surface area contributed by atoms with Crippen LogP contribution in [-0.4, -0.2) is 32.3 Å². The Morgan fingerprint density at radius 2 is 1.45 bits per heavy atom. The Labute approximate surface area is 234 Å². The van der Waals surface area contributed by atoms with E-state index < -0.39 is 10.0 Å². The number of sulfonamides is 1. The van der Waals surface area contributed by atoms with Crippen molar-refractivity contribution in [2.24, 2.45) is 0 Å². The average molecular weight is 551 g/mol. The molecule has 4 aromatic carbocycles. The minimum atomic E-state index is -3.79. The van der Waals surface area contributed by atoms with E-state index in [1.165, 1.54) is 18.4 Å². The number of carbonyl (C=O) groups excluding carboxylic acids is 1. The number of rotatable bonds is 8. The maximum Gasteiger partial charge on any atom is 0.261 e. The van der Waals surface area contributed by atoms with Crippen LogP contribution in [-0.2, 0) is 21.4 Å². The van der Waals surface area contributed by atoms with E-state index >= 15 is 0 Å². The van der Waals surface area contributed by atoms with Crippen LogP contribution < -0.4 is 15.4 Å². The van der Waals surface area contributed by atoms with Gasteiger partial charge in [-0.2, -0.15) is 0 Å². The monoisotopic (exact) mass is 550 g/mol. The maximum absolute atomic E-state index is 13.3. The number of carbonyl (C=O) groups is 1. The summed E-state index contributed by atoms with van der Waals surface area (Å²) in [5, 5.41) is 6.42. The molecule has 7 nitrogen and oxygen atoms in total. The summed E-state index contributed by atoms with van der Waals surface area (Å²) in [5.74, 6) is -0.255. The van der Waals surface area contributed by atoms with Crippen molar-refractivity contribution in [3.63, 3.8) is 0 Å². The lowest BCUT2D eigenvalue weighted by molar-refractivity contribution is -0.110. The second-order valence-corrected chi connectivity index (χ2v) is 11.7. The number of nitrogens with zero attached hydrogens (tertiary/aromatic N) is 1. The van der Waals surface area contributed by atoms with E-state index in [9.17, 15) is 13.2 Å². The maximum atomic E-state index is 13.3. The summed E-state index contributed by atoms with van der Waals surface area (Å²) in [6.07, 6.45) is 2.51. The van der Waals surface area contributed by atoms with Crippen molar-refractivity contribution in [1.29, 1.82) is 0 Å². The Kier molecular flexibility index (Phi) is 7.11. The topological polar surface area (TPSA) is 90.5 Å². The zero-order chi connectivity index (χ0) is 27.5. The normalized spacial score (nSPS) is 16.4. The number of amides is 1. The number of hydrogen-bond acceptors (Lipinski definition) is 5. The first-order valence-corrected chi connectivity index (χ1v) is 14.9. The fourth-order valence-electron chi connectivity index (χ4n) is 5.21. The lowest BCUT2D eigenvalue weighted by Crippen LogP contribution is -2.18. The van der Waals surface area contributed by atoms with Gasteiger partial charge in [-0.05, 0) is 79.5 Å². The molecule has 1 saturated heterocycles. The number of hydrogen-bond donors (Lipinski definition) is 3. The third-order valence-electron chi connectivity index (χ3n) is 7.21. The Bertz CT molecular complexity index is 1660. The third-order valence-corrected chi connectivity index (χ3v) is 8.61. The van der Waals surface area contributed by atoms with Gasteiger partial charge >= 0.3 is 0 Å². The molecule has 2 heterocycles. The Morgan fingerprint density at radius 1 is 0.800 bits per heavy atom. The fraction of sp³-hybridized carbons (Fsp3) is 0.156. The van der Waals surface area contributed by atoms with Gasteiger partial charge in [0.1, 0.15) is 0 Å². The van der Waals surface area contributed by atoms with Crippen LogP contribution in [0.15, 0.2) is 108 Å². The summed E-state index contributed by atoms with van der Waals surface area (Å²) in [6, 6.07) is 31.3. The van der Waals surface area contributed by atoms with Gasteiger partial charge in [0.25, 0.3) is 15.9 Å². The molecular weight excluding hydrogens is 520 g/mol. The van der Waals surface area contributed by atoms with Gasteiger partial charge in [-0.1, -0.05) is 60.7 Å². The van der Waals surface area contributed by atoms with Gasteiger partial charge in [-0.15, -0.1) is 0 Å². The molecule has 202 valence electrons. The van der Waals surface area contributed by atoms with Gasteiger partial charge in [0.05, 0.1) is 16.2 Å². The lowest BCUT2D eigenvalue weighted by atomic mass is 9.99. The summed E-state index contributed by atoms with van der Waals surface area (Å²) < 4.78 is 28.6. The van der Waals surface area contributed by atoms with Crippen molar-refractivity contribution in [2.45, 2.75) is 24.3 Å². The standard InChI is InChI=1S/C32H30N4O3S/c37-32-30(28-21-26(17-18-29(28)34-32)35-40(38,39)27-11-5-2-6-12-27)31(24-9-3-1-4-10-24)33-25-15-13-23(14-16-25)22-36-19-7-8-20-36/h1-6,9-18,21,33,35H,7-8,19-20,22H2,(H,34,37)/b31-30-. The highest BCUT2D eigenvalue weighted by molar-refractivity contribution is 7.92. The minimum Gasteiger partial charge on any atom is -0.354 e. The second-order valence-electron chi connectivity index (χ2n) is 10.1. The zero-order valence-corrected chi connectivity index (χ0v) is 22.7. The molecule has 6 rings (SSSR count). The largest absolute Gasteiger partial charge is 0.354 e. The van der Waals surface area contributed by atoms with Crippen LogP contribution in [0, 0.1) is 0 Å². The Balaban J connectivity index is 1.35. The molecule has 8 heteroatoms. The highest BCUT2D eigenvalue weighted by Gasteiger charge is 2.29. The molecule has 0 atom stereocenters. The quantitative estimate of drug-likeness (QED) is 0.234. The van der Waals surface area contributed by atoms with Gasteiger partial charge in [-0.25, -0.2) is 8.42 Å². The van der Waals surface area contributed by atoms with E-state index in [4.69, 9.17) is 0 Å². The van der Waals surface area contributed by atoms with Gasteiger partial charge in [0.2, 0.25) is 0 Å². The Morgan fingerprint density at radius 3 is 2.15 bits per heavy atom. The zero-order valence-electron chi connectivity index (χ0n) is 21.9. The van der Waals surface area contributed by atoms with Crippen LogP contribution in [0.4, 0.5) is 17.1 Å². The molecule has 0 radical (unpaired) electrons. The molecule has 0 aromatic heterocycles.